The molecule has 41 heavy (non-hydrogen) atoms. The maximum absolute atomic E-state index is 9.92. The van der Waals surface area contributed by atoms with E-state index in [1.54, 1.807) is 19.2 Å². The van der Waals surface area contributed by atoms with Crippen LogP contribution in [-0.2, 0) is 0 Å². The van der Waals surface area contributed by atoms with Gasteiger partial charge in [0.15, 0.2) is 11.6 Å². The van der Waals surface area contributed by atoms with E-state index >= 15 is 0 Å². The Kier molecular flexibility index (Phi) is 8.98. The average molecular weight is 555 g/mol. The van der Waals surface area contributed by atoms with E-state index in [4.69, 9.17) is 16.2 Å². The van der Waals surface area contributed by atoms with E-state index in [0.717, 1.165) is 54.6 Å². The van der Waals surface area contributed by atoms with E-state index in [1.165, 1.54) is 38.5 Å². The number of benzene rings is 2. The van der Waals surface area contributed by atoms with Crippen molar-refractivity contribution in [2.75, 3.05) is 54.6 Å². The Labute approximate surface area is 241 Å². The number of methoxy groups -OCH3 is 1. The van der Waals surface area contributed by atoms with Gasteiger partial charge in [-0.3, -0.25) is 0 Å². The standard InChI is InChI=1S/C16H20N4O.C15H18N4O/c1-21-15-8-4-3-7-12(15)13-11-14(16(17)19-18-13)20-9-5-2-6-10-20;16-15-13(19-8-4-1-5-9-19)10-12(17-18-15)11-6-2-3-7-14(11)20/h3-4,7-8,11H,2,5-6,9-10H2,1H3,(H2,17,19);2-3,6-7,10,20H,1,4-5,8-9H2,(H2,16,18). The number of para-hydroxylation sites is 2. The number of ether oxygens (including phenoxy) is 1. The number of rotatable bonds is 5. The molecule has 2 fully saturated rings. The van der Waals surface area contributed by atoms with Crippen molar-refractivity contribution >= 4 is 23.0 Å². The number of piperidine rings is 2. The highest BCUT2D eigenvalue weighted by molar-refractivity contribution is 5.75. The van der Waals surface area contributed by atoms with Gasteiger partial charge >= 0.3 is 0 Å². The minimum atomic E-state index is 0.205. The maximum Gasteiger partial charge on any atom is 0.169 e. The number of aromatic nitrogens is 4. The summed E-state index contributed by atoms with van der Waals surface area (Å²) in [7, 11) is 1.66. The second-order valence-electron chi connectivity index (χ2n) is 10.3. The Morgan fingerprint density at radius 1 is 0.634 bits per heavy atom. The van der Waals surface area contributed by atoms with Crippen molar-refractivity contribution in [1.82, 2.24) is 20.4 Å². The summed E-state index contributed by atoms with van der Waals surface area (Å²) in [5.41, 5.74) is 16.9. The number of nitrogen functional groups attached to an aromatic ring is 2. The Balaban J connectivity index is 0.000000165. The van der Waals surface area contributed by atoms with Gasteiger partial charge in [0, 0.05) is 37.3 Å². The summed E-state index contributed by atoms with van der Waals surface area (Å²) < 4.78 is 5.40. The number of phenolic OH excluding ortho intramolecular Hbond substituents is 1. The fourth-order valence-electron chi connectivity index (χ4n) is 5.37. The van der Waals surface area contributed by atoms with Gasteiger partial charge in [-0.1, -0.05) is 24.3 Å². The van der Waals surface area contributed by atoms with Crippen molar-refractivity contribution in [2.24, 2.45) is 0 Å². The molecule has 0 spiro atoms. The fraction of sp³-hybridized carbons (Fsp3) is 0.355. The number of nitrogens with two attached hydrogens (primary N) is 2. The van der Waals surface area contributed by atoms with Gasteiger partial charge in [0.25, 0.3) is 0 Å². The van der Waals surface area contributed by atoms with Gasteiger partial charge in [-0.15, -0.1) is 20.4 Å². The molecule has 2 saturated heterocycles. The largest absolute Gasteiger partial charge is 0.507 e. The van der Waals surface area contributed by atoms with Crippen molar-refractivity contribution in [1.29, 1.82) is 0 Å². The molecule has 0 amide bonds. The molecule has 10 heteroatoms. The van der Waals surface area contributed by atoms with E-state index in [-0.39, 0.29) is 5.75 Å². The number of hydrogen-bond acceptors (Lipinski definition) is 10. The lowest BCUT2D eigenvalue weighted by molar-refractivity contribution is 0.416. The molecule has 2 aliphatic rings. The van der Waals surface area contributed by atoms with Crippen LogP contribution in [0.15, 0.2) is 60.7 Å². The number of anilines is 4. The van der Waals surface area contributed by atoms with Gasteiger partial charge < -0.3 is 31.1 Å². The molecule has 2 aromatic carbocycles. The topological polar surface area (TPSA) is 140 Å². The molecule has 0 unspecified atom stereocenters. The molecule has 0 aliphatic carbocycles. The molecule has 0 atom stereocenters. The van der Waals surface area contributed by atoms with Gasteiger partial charge in [0.05, 0.1) is 29.9 Å². The fourth-order valence-corrected chi connectivity index (χ4v) is 5.37. The van der Waals surface area contributed by atoms with Gasteiger partial charge in [0.2, 0.25) is 0 Å². The maximum atomic E-state index is 9.92. The Morgan fingerprint density at radius 3 is 1.61 bits per heavy atom. The summed E-state index contributed by atoms with van der Waals surface area (Å²) in [4.78, 5) is 4.55. The summed E-state index contributed by atoms with van der Waals surface area (Å²) in [5.74, 6) is 1.94. The molecule has 0 radical (unpaired) electrons. The molecule has 5 N–H and O–H groups in total. The first kappa shape index (κ1) is 27.9. The van der Waals surface area contributed by atoms with E-state index in [9.17, 15) is 5.11 Å². The predicted octanol–water partition coefficient (Wildman–Crippen LogP) is 5.15. The lowest BCUT2D eigenvalue weighted by atomic mass is 10.1. The lowest BCUT2D eigenvalue weighted by Gasteiger charge is -2.29. The Bertz CT molecular complexity index is 1450. The molecule has 2 aliphatic heterocycles. The van der Waals surface area contributed by atoms with Crippen LogP contribution in [-0.4, -0.2) is 58.8 Å². The van der Waals surface area contributed by atoms with Crippen LogP contribution in [0.3, 0.4) is 0 Å². The molecule has 0 saturated carbocycles. The first-order valence-corrected chi connectivity index (χ1v) is 14.2. The molecule has 6 rings (SSSR count). The van der Waals surface area contributed by atoms with Crippen molar-refractivity contribution in [3.05, 3.63) is 60.7 Å². The van der Waals surface area contributed by atoms with E-state index in [1.807, 2.05) is 48.5 Å². The zero-order valence-electron chi connectivity index (χ0n) is 23.5. The average Bonchev–Trinajstić information content (AvgIpc) is 3.03. The summed E-state index contributed by atoms with van der Waals surface area (Å²) in [6.07, 6.45) is 7.30. The minimum absolute atomic E-state index is 0.205. The highest BCUT2D eigenvalue weighted by atomic mass is 16.5. The van der Waals surface area contributed by atoms with Gasteiger partial charge in [-0.05, 0) is 74.9 Å². The monoisotopic (exact) mass is 554 g/mol. The quantitative estimate of drug-likeness (QED) is 0.303. The van der Waals surface area contributed by atoms with Crippen LogP contribution < -0.4 is 26.0 Å². The third kappa shape index (κ3) is 6.59. The SMILES string of the molecule is COc1ccccc1-c1cc(N2CCCCC2)c(N)nn1.Nc1nnc(-c2ccccc2O)cc1N1CCCCC1. The zero-order chi connectivity index (χ0) is 28.6. The first-order chi connectivity index (χ1) is 20.0. The van der Waals surface area contributed by atoms with Crippen LogP contribution in [0.1, 0.15) is 38.5 Å². The highest BCUT2D eigenvalue weighted by Gasteiger charge is 2.18. The summed E-state index contributed by atoms with van der Waals surface area (Å²) >= 11 is 0. The number of nitrogens with zero attached hydrogens (tertiary/aromatic N) is 6. The van der Waals surface area contributed by atoms with Crippen molar-refractivity contribution < 1.29 is 9.84 Å². The molecular formula is C31H38N8O2. The Hall–Kier alpha value is -4.60. The van der Waals surface area contributed by atoms with Crippen molar-refractivity contribution in [3.63, 3.8) is 0 Å². The number of phenols is 1. The van der Waals surface area contributed by atoms with Gasteiger partial charge in [-0.25, -0.2) is 0 Å². The molecule has 2 aromatic heterocycles. The van der Waals surface area contributed by atoms with Gasteiger partial charge in [-0.2, -0.15) is 0 Å². The van der Waals surface area contributed by atoms with Crippen LogP contribution in [0, 0.1) is 0 Å². The summed E-state index contributed by atoms with van der Waals surface area (Å²) in [6.45, 7) is 4.05. The number of aromatic hydroxyl groups is 1. The summed E-state index contributed by atoms with van der Waals surface area (Å²) in [5, 5.41) is 26.4. The highest BCUT2D eigenvalue weighted by Crippen LogP contribution is 2.34. The lowest BCUT2D eigenvalue weighted by Crippen LogP contribution is -2.30. The van der Waals surface area contributed by atoms with Crippen LogP contribution >= 0.6 is 0 Å². The normalized spacial score (nSPS) is 15.1. The Morgan fingerprint density at radius 2 is 1.10 bits per heavy atom. The van der Waals surface area contributed by atoms with Crippen molar-refractivity contribution in [3.8, 4) is 34.0 Å². The van der Waals surface area contributed by atoms with Crippen LogP contribution in [0.4, 0.5) is 23.0 Å². The molecule has 214 valence electrons. The molecular weight excluding hydrogens is 516 g/mol. The van der Waals surface area contributed by atoms with Crippen LogP contribution in [0.2, 0.25) is 0 Å². The second-order valence-corrected chi connectivity index (χ2v) is 10.3. The van der Waals surface area contributed by atoms with E-state index in [2.05, 4.69) is 30.2 Å². The minimum Gasteiger partial charge on any atom is -0.507 e. The molecule has 0 bridgehead atoms. The molecule has 10 nitrogen and oxygen atoms in total. The van der Waals surface area contributed by atoms with Gasteiger partial charge in [0.1, 0.15) is 11.5 Å². The molecule has 4 aromatic rings. The van der Waals surface area contributed by atoms with Crippen LogP contribution in [0.25, 0.3) is 22.5 Å². The third-order valence-electron chi connectivity index (χ3n) is 7.56. The smallest absolute Gasteiger partial charge is 0.169 e. The van der Waals surface area contributed by atoms with Crippen molar-refractivity contribution in [2.45, 2.75) is 38.5 Å². The van der Waals surface area contributed by atoms with Crippen LogP contribution in [0.5, 0.6) is 11.5 Å². The first-order valence-electron chi connectivity index (χ1n) is 14.2. The third-order valence-corrected chi connectivity index (χ3v) is 7.56. The number of hydrogen-bond donors (Lipinski definition) is 3. The zero-order valence-corrected chi connectivity index (χ0v) is 23.5. The predicted molar refractivity (Wildman–Crippen MR) is 164 cm³/mol. The van der Waals surface area contributed by atoms with E-state index < -0.39 is 0 Å². The summed E-state index contributed by atoms with van der Waals surface area (Å²) in [6, 6.07) is 18.9. The van der Waals surface area contributed by atoms with E-state index in [0.29, 0.717) is 22.9 Å². The second kappa shape index (κ2) is 13.2. The molecule has 4 heterocycles.